The molecule has 0 aliphatic rings. The number of aromatic nitrogens is 1. The molecule has 0 bridgehead atoms. The summed E-state index contributed by atoms with van der Waals surface area (Å²) in [4.78, 5) is 6.19. The summed E-state index contributed by atoms with van der Waals surface area (Å²) in [6.45, 7) is 6.01. The maximum Gasteiger partial charge on any atom is 0.146 e. The molecule has 112 valence electrons. The van der Waals surface area contributed by atoms with Crippen LogP contribution in [-0.2, 0) is 6.54 Å². The Morgan fingerprint density at radius 1 is 1.24 bits per heavy atom. The number of hydrogen-bond donors (Lipinski definition) is 1. The molecule has 0 spiro atoms. The van der Waals surface area contributed by atoms with Crippen molar-refractivity contribution in [1.29, 1.82) is 0 Å². The highest BCUT2D eigenvalue weighted by Crippen LogP contribution is 2.25. The van der Waals surface area contributed by atoms with Crippen molar-refractivity contribution in [3.63, 3.8) is 0 Å². The fourth-order valence-corrected chi connectivity index (χ4v) is 2.12. The Morgan fingerprint density at radius 3 is 2.71 bits per heavy atom. The topological polar surface area (TPSA) is 28.2 Å². The number of benzene rings is 1. The molecule has 0 unspecified atom stereocenters. The third kappa shape index (κ3) is 4.26. The number of hydrogen-bond acceptors (Lipinski definition) is 3. The second-order valence-corrected chi connectivity index (χ2v) is 5.54. The molecule has 0 aliphatic carbocycles. The van der Waals surface area contributed by atoms with Crippen LogP contribution in [0.1, 0.15) is 19.5 Å². The van der Waals surface area contributed by atoms with Crippen LogP contribution < -0.4 is 10.2 Å². The maximum atomic E-state index is 13.8. The summed E-state index contributed by atoms with van der Waals surface area (Å²) in [5.41, 5.74) is 2.44. The molecule has 0 atom stereocenters. The number of para-hydroxylation sites is 1. The Balaban J connectivity index is 2.11. The lowest BCUT2D eigenvalue weighted by atomic mass is 10.2. The highest BCUT2D eigenvalue weighted by Gasteiger charge is 2.09. The summed E-state index contributed by atoms with van der Waals surface area (Å²) in [5, 5.41) is 3.36. The average molecular weight is 287 g/mol. The van der Waals surface area contributed by atoms with Crippen molar-refractivity contribution in [2.24, 2.45) is 5.92 Å². The Morgan fingerprint density at radius 2 is 2.00 bits per heavy atom. The van der Waals surface area contributed by atoms with Crippen molar-refractivity contribution >= 4 is 11.4 Å². The van der Waals surface area contributed by atoms with E-state index in [1.807, 2.05) is 30.1 Å². The van der Waals surface area contributed by atoms with Crippen molar-refractivity contribution in [3.8, 4) is 0 Å². The van der Waals surface area contributed by atoms with E-state index in [0.717, 1.165) is 24.5 Å². The monoisotopic (exact) mass is 287 g/mol. The molecule has 0 fully saturated rings. The fraction of sp³-hybridized carbons (Fsp3) is 0.353. The van der Waals surface area contributed by atoms with E-state index in [0.29, 0.717) is 11.6 Å². The van der Waals surface area contributed by atoms with Gasteiger partial charge in [0.2, 0.25) is 0 Å². The van der Waals surface area contributed by atoms with Crippen LogP contribution >= 0.6 is 0 Å². The highest BCUT2D eigenvalue weighted by molar-refractivity contribution is 5.62. The standard InChI is InChI=1S/C17H22FN3/c1-13(2)11-19-12-14-10-15(8-9-20-14)21(3)17-7-5-4-6-16(17)18/h4-10,13,19H,11-12H2,1-3H3. The van der Waals surface area contributed by atoms with Crippen LogP contribution in [0, 0.1) is 11.7 Å². The van der Waals surface area contributed by atoms with Gasteiger partial charge >= 0.3 is 0 Å². The van der Waals surface area contributed by atoms with Crippen molar-refractivity contribution in [1.82, 2.24) is 10.3 Å². The van der Waals surface area contributed by atoms with Crippen molar-refractivity contribution in [2.45, 2.75) is 20.4 Å². The summed E-state index contributed by atoms with van der Waals surface area (Å²) >= 11 is 0. The summed E-state index contributed by atoms with van der Waals surface area (Å²) in [6, 6.07) is 10.6. The first-order valence-electron chi connectivity index (χ1n) is 7.22. The van der Waals surface area contributed by atoms with E-state index in [1.165, 1.54) is 6.07 Å². The fourth-order valence-electron chi connectivity index (χ4n) is 2.12. The van der Waals surface area contributed by atoms with Gasteiger partial charge in [0.15, 0.2) is 0 Å². The lowest BCUT2D eigenvalue weighted by Crippen LogP contribution is -2.20. The van der Waals surface area contributed by atoms with Crippen molar-refractivity contribution in [3.05, 3.63) is 54.1 Å². The molecule has 0 saturated carbocycles. The Kier molecular flexibility index (Phi) is 5.28. The summed E-state index contributed by atoms with van der Waals surface area (Å²) in [6.07, 6.45) is 1.76. The molecule has 1 aromatic carbocycles. The number of anilines is 2. The zero-order valence-electron chi connectivity index (χ0n) is 12.8. The molecule has 3 nitrogen and oxygen atoms in total. The number of nitrogens with one attached hydrogen (secondary N) is 1. The van der Waals surface area contributed by atoms with E-state index in [1.54, 1.807) is 18.3 Å². The quantitative estimate of drug-likeness (QED) is 0.877. The number of nitrogens with zero attached hydrogens (tertiary/aromatic N) is 2. The lowest BCUT2D eigenvalue weighted by Gasteiger charge is -2.20. The van der Waals surface area contributed by atoms with Gasteiger partial charge in [0, 0.05) is 25.5 Å². The molecular formula is C17H22FN3. The van der Waals surface area contributed by atoms with Crippen LogP contribution in [0.25, 0.3) is 0 Å². The van der Waals surface area contributed by atoms with Gasteiger partial charge in [-0.3, -0.25) is 4.98 Å². The molecule has 0 saturated heterocycles. The minimum atomic E-state index is -0.226. The molecule has 1 heterocycles. The molecule has 2 aromatic rings. The Hall–Kier alpha value is -1.94. The van der Waals surface area contributed by atoms with Gasteiger partial charge in [-0.1, -0.05) is 26.0 Å². The second kappa shape index (κ2) is 7.18. The third-order valence-corrected chi connectivity index (χ3v) is 3.26. The van der Waals surface area contributed by atoms with Gasteiger partial charge in [-0.25, -0.2) is 4.39 Å². The normalized spacial score (nSPS) is 10.9. The van der Waals surface area contributed by atoms with Crippen LogP contribution in [-0.4, -0.2) is 18.6 Å². The van der Waals surface area contributed by atoms with Gasteiger partial charge in [0.25, 0.3) is 0 Å². The number of pyridine rings is 1. The van der Waals surface area contributed by atoms with E-state index in [-0.39, 0.29) is 5.82 Å². The zero-order chi connectivity index (χ0) is 15.2. The van der Waals surface area contributed by atoms with Crippen molar-refractivity contribution < 1.29 is 4.39 Å². The molecule has 2 rings (SSSR count). The SMILES string of the molecule is CC(C)CNCc1cc(N(C)c2ccccc2F)ccn1. The average Bonchev–Trinajstić information content (AvgIpc) is 2.47. The molecular weight excluding hydrogens is 265 g/mol. The molecule has 1 N–H and O–H groups in total. The van der Waals surface area contributed by atoms with Gasteiger partial charge in [-0.05, 0) is 36.7 Å². The van der Waals surface area contributed by atoms with Crippen LogP contribution in [0.4, 0.5) is 15.8 Å². The van der Waals surface area contributed by atoms with Gasteiger partial charge < -0.3 is 10.2 Å². The predicted molar refractivity (Wildman–Crippen MR) is 85.2 cm³/mol. The van der Waals surface area contributed by atoms with E-state index >= 15 is 0 Å². The molecule has 1 aromatic heterocycles. The highest BCUT2D eigenvalue weighted by atomic mass is 19.1. The van der Waals surface area contributed by atoms with Gasteiger partial charge in [0.05, 0.1) is 11.4 Å². The first kappa shape index (κ1) is 15.4. The lowest BCUT2D eigenvalue weighted by molar-refractivity contribution is 0.548. The smallest absolute Gasteiger partial charge is 0.146 e. The van der Waals surface area contributed by atoms with E-state index in [4.69, 9.17) is 0 Å². The second-order valence-electron chi connectivity index (χ2n) is 5.54. The molecule has 0 amide bonds. The predicted octanol–water partition coefficient (Wildman–Crippen LogP) is 3.73. The molecule has 0 aliphatic heterocycles. The van der Waals surface area contributed by atoms with E-state index < -0.39 is 0 Å². The van der Waals surface area contributed by atoms with Crippen LogP contribution in [0.3, 0.4) is 0 Å². The first-order valence-corrected chi connectivity index (χ1v) is 7.22. The summed E-state index contributed by atoms with van der Waals surface area (Å²) < 4.78 is 13.8. The van der Waals surface area contributed by atoms with Crippen LogP contribution in [0.2, 0.25) is 0 Å². The number of rotatable bonds is 6. The summed E-state index contributed by atoms with van der Waals surface area (Å²) in [7, 11) is 1.86. The van der Waals surface area contributed by atoms with E-state index in [2.05, 4.69) is 24.1 Å². The molecule has 21 heavy (non-hydrogen) atoms. The van der Waals surface area contributed by atoms with Crippen molar-refractivity contribution in [2.75, 3.05) is 18.5 Å². The maximum absolute atomic E-state index is 13.8. The zero-order valence-corrected chi connectivity index (χ0v) is 12.8. The summed E-state index contributed by atoms with van der Waals surface area (Å²) in [5.74, 6) is 0.380. The van der Waals surface area contributed by atoms with Gasteiger partial charge in [0.1, 0.15) is 5.82 Å². The van der Waals surface area contributed by atoms with Crippen LogP contribution in [0.5, 0.6) is 0 Å². The third-order valence-electron chi connectivity index (χ3n) is 3.26. The molecule has 0 radical (unpaired) electrons. The number of halogens is 1. The molecule has 4 heteroatoms. The van der Waals surface area contributed by atoms with Gasteiger partial charge in [-0.15, -0.1) is 0 Å². The first-order chi connectivity index (χ1) is 10.1. The van der Waals surface area contributed by atoms with Crippen LogP contribution in [0.15, 0.2) is 42.6 Å². The minimum Gasteiger partial charge on any atom is -0.342 e. The minimum absolute atomic E-state index is 0.226. The Bertz CT molecular complexity index is 584. The Labute approximate surface area is 125 Å². The largest absolute Gasteiger partial charge is 0.342 e. The van der Waals surface area contributed by atoms with E-state index in [9.17, 15) is 4.39 Å². The van der Waals surface area contributed by atoms with Gasteiger partial charge in [-0.2, -0.15) is 0 Å².